The first kappa shape index (κ1) is 8.51. The summed E-state index contributed by atoms with van der Waals surface area (Å²) in [6.45, 7) is 2.01. The highest BCUT2D eigenvalue weighted by molar-refractivity contribution is 5.40. The highest BCUT2D eigenvalue weighted by Gasteiger charge is 2.30. The molecule has 3 heteroatoms. The van der Waals surface area contributed by atoms with Crippen LogP contribution in [-0.4, -0.2) is 6.10 Å². The van der Waals surface area contributed by atoms with Gasteiger partial charge in [-0.2, -0.15) is 0 Å². The third kappa shape index (κ3) is 1.29. The van der Waals surface area contributed by atoms with Crippen LogP contribution >= 0.6 is 0 Å². The Bertz CT molecular complexity index is 327. The quantitative estimate of drug-likeness (QED) is 0.719. The lowest BCUT2D eigenvalue weighted by Crippen LogP contribution is -2.24. The van der Waals surface area contributed by atoms with Crippen LogP contribution in [0.15, 0.2) is 18.2 Å². The van der Waals surface area contributed by atoms with Gasteiger partial charge in [-0.1, -0.05) is 6.92 Å². The number of nitrogens with two attached hydrogens (primary N) is 1. The summed E-state index contributed by atoms with van der Waals surface area (Å²) in [6, 6.07) is 4.30. The fourth-order valence-electron chi connectivity index (χ4n) is 1.66. The van der Waals surface area contributed by atoms with Gasteiger partial charge in [0.1, 0.15) is 17.7 Å². The van der Waals surface area contributed by atoms with E-state index in [1.54, 1.807) is 6.07 Å². The maximum absolute atomic E-state index is 12.9. The van der Waals surface area contributed by atoms with Gasteiger partial charge in [-0.3, -0.25) is 0 Å². The Kier molecular flexibility index (Phi) is 1.96. The number of hydrogen-bond acceptors (Lipinski definition) is 2. The molecule has 2 nitrogen and oxygen atoms in total. The first-order valence-corrected chi connectivity index (χ1v) is 4.44. The SMILES string of the molecule is CCC1Oc2ccc(F)cc2C1N. The second-order valence-electron chi connectivity index (χ2n) is 3.27. The van der Waals surface area contributed by atoms with Crippen molar-refractivity contribution < 1.29 is 9.13 Å². The summed E-state index contributed by atoms with van der Waals surface area (Å²) in [5, 5.41) is 0. The normalized spacial score (nSPS) is 25.5. The van der Waals surface area contributed by atoms with Crippen molar-refractivity contribution in [2.24, 2.45) is 5.73 Å². The highest BCUT2D eigenvalue weighted by Crippen LogP contribution is 2.36. The van der Waals surface area contributed by atoms with Crippen LogP contribution in [0.2, 0.25) is 0 Å². The van der Waals surface area contributed by atoms with E-state index in [0.717, 1.165) is 17.7 Å². The van der Waals surface area contributed by atoms with Gasteiger partial charge in [0, 0.05) is 5.56 Å². The monoisotopic (exact) mass is 181 g/mol. The summed E-state index contributed by atoms with van der Waals surface area (Å²) in [4.78, 5) is 0. The van der Waals surface area contributed by atoms with Crippen molar-refractivity contribution in [1.29, 1.82) is 0 Å². The molecule has 0 radical (unpaired) electrons. The van der Waals surface area contributed by atoms with E-state index in [-0.39, 0.29) is 18.0 Å². The van der Waals surface area contributed by atoms with E-state index in [9.17, 15) is 4.39 Å². The molecule has 1 heterocycles. The van der Waals surface area contributed by atoms with E-state index in [0.29, 0.717) is 0 Å². The van der Waals surface area contributed by atoms with Crippen molar-refractivity contribution in [1.82, 2.24) is 0 Å². The Morgan fingerprint density at radius 3 is 3.00 bits per heavy atom. The number of fused-ring (bicyclic) bond motifs is 1. The van der Waals surface area contributed by atoms with Gasteiger partial charge < -0.3 is 10.5 Å². The van der Waals surface area contributed by atoms with E-state index in [2.05, 4.69) is 0 Å². The summed E-state index contributed by atoms with van der Waals surface area (Å²) in [5.74, 6) is 0.468. The van der Waals surface area contributed by atoms with Crippen LogP contribution in [0.25, 0.3) is 0 Å². The van der Waals surface area contributed by atoms with Crippen LogP contribution in [-0.2, 0) is 0 Å². The fraction of sp³-hybridized carbons (Fsp3) is 0.400. The van der Waals surface area contributed by atoms with Crippen molar-refractivity contribution >= 4 is 0 Å². The number of ether oxygens (including phenoxy) is 1. The summed E-state index contributed by atoms with van der Waals surface area (Å²) >= 11 is 0. The Hall–Kier alpha value is -1.09. The van der Waals surface area contributed by atoms with Gasteiger partial charge in [0.05, 0.1) is 6.04 Å². The molecule has 1 aromatic rings. The highest BCUT2D eigenvalue weighted by atomic mass is 19.1. The van der Waals surface area contributed by atoms with E-state index in [1.807, 2.05) is 6.92 Å². The molecule has 70 valence electrons. The third-order valence-electron chi connectivity index (χ3n) is 2.41. The van der Waals surface area contributed by atoms with Crippen LogP contribution in [0.3, 0.4) is 0 Å². The topological polar surface area (TPSA) is 35.2 Å². The third-order valence-corrected chi connectivity index (χ3v) is 2.41. The number of benzene rings is 1. The molecule has 0 bridgehead atoms. The lowest BCUT2D eigenvalue weighted by atomic mass is 10.0. The smallest absolute Gasteiger partial charge is 0.124 e. The minimum absolute atomic E-state index is 0.00296. The molecule has 13 heavy (non-hydrogen) atoms. The lowest BCUT2D eigenvalue weighted by Gasteiger charge is -2.11. The van der Waals surface area contributed by atoms with Gasteiger partial charge in [0.2, 0.25) is 0 Å². The van der Waals surface area contributed by atoms with Crippen molar-refractivity contribution in [2.45, 2.75) is 25.5 Å². The summed E-state index contributed by atoms with van der Waals surface area (Å²) in [6.07, 6.45) is 0.842. The molecule has 0 aromatic heterocycles. The predicted octanol–water partition coefficient (Wildman–Crippen LogP) is 2.00. The van der Waals surface area contributed by atoms with Crippen molar-refractivity contribution in [3.63, 3.8) is 0 Å². The van der Waals surface area contributed by atoms with Gasteiger partial charge in [-0.15, -0.1) is 0 Å². The minimum atomic E-state index is -0.255. The molecule has 1 aliphatic heterocycles. The van der Waals surface area contributed by atoms with Crippen LogP contribution in [0.1, 0.15) is 24.9 Å². The molecule has 0 fully saturated rings. The Balaban J connectivity index is 2.39. The van der Waals surface area contributed by atoms with Gasteiger partial charge in [-0.25, -0.2) is 4.39 Å². The number of rotatable bonds is 1. The molecule has 2 unspecified atom stereocenters. The van der Waals surface area contributed by atoms with Crippen molar-refractivity contribution in [2.75, 3.05) is 0 Å². The van der Waals surface area contributed by atoms with Gasteiger partial charge in [-0.05, 0) is 24.6 Å². The number of hydrogen-bond donors (Lipinski definition) is 1. The maximum Gasteiger partial charge on any atom is 0.124 e. The molecule has 2 rings (SSSR count). The Morgan fingerprint density at radius 1 is 1.54 bits per heavy atom. The zero-order valence-corrected chi connectivity index (χ0v) is 7.46. The molecule has 0 aliphatic carbocycles. The lowest BCUT2D eigenvalue weighted by molar-refractivity contribution is 0.202. The van der Waals surface area contributed by atoms with Gasteiger partial charge >= 0.3 is 0 Å². The number of halogens is 1. The molecule has 1 aromatic carbocycles. The average Bonchev–Trinajstić information content (AvgIpc) is 2.44. The van der Waals surface area contributed by atoms with E-state index in [1.165, 1.54) is 12.1 Å². The van der Waals surface area contributed by atoms with E-state index < -0.39 is 0 Å². The van der Waals surface area contributed by atoms with Crippen LogP contribution in [0.5, 0.6) is 5.75 Å². The molecule has 1 aliphatic rings. The fourth-order valence-corrected chi connectivity index (χ4v) is 1.66. The second-order valence-corrected chi connectivity index (χ2v) is 3.27. The predicted molar refractivity (Wildman–Crippen MR) is 48.0 cm³/mol. The van der Waals surface area contributed by atoms with E-state index >= 15 is 0 Å². The molecule has 0 spiro atoms. The molecule has 0 saturated carbocycles. The zero-order chi connectivity index (χ0) is 9.42. The Labute approximate surface area is 76.5 Å². The first-order chi connectivity index (χ1) is 6.22. The van der Waals surface area contributed by atoms with Crippen LogP contribution in [0.4, 0.5) is 4.39 Å². The molecular weight excluding hydrogens is 169 g/mol. The zero-order valence-electron chi connectivity index (χ0n) is 7.46. The molecule has 0 amide bonds. The molecule has 2 atom stereocenters. The molecular formula is C10H12FNO. The standard InChI is InChI=1S/C10H12FNO/c1-2-8-10(12)7-5-6(11)3-4-9(7)13-8/h3-5,8,10H,2,12H2,1H3. The van der Waals surface area contributed by atoms with Crippen molar-refractivity contribution in [3.8, 4) is 5.75 Å². The average molecular weight is 181 g/mol. The summed E-state index contributed by atoms with van der Waals surface area (Å²) in [7, 11) is 0. The van der Waals surface area contributed by atoms with E-state index in [4.69, 9.17) is 10.5 Å². The molecule has 2 N–H and O–H groups in total. The first-order valence-electron chi connectivity index (χ1n) is 4.44. The minimum Gasteiger partial charge on any atom is -0.488 e. The molecule has 0 saturated heterocycles. The largest absolute Gasteiger partial charge is 0.488 e. The van der Waals surface area contributed by atoms with Gasteiger partial charge in [0.25, 0.3) is 0 Å². The summed E-state index contributed by atoms with van der Waals surface area (Å²) in [5.41, 5.74) is 6.66. The van der Waals surface area contributed by atoms with Crippen LogP contribution in [0, 0.1) is 5.82 Å². The van der Waals surface area contributed by atoms with Crippen molar-refractivity contribution in [3.05, 3.63) is 29.6 Å². The summed E-state index contributed by atoms with van der Waals surface area (Å²) < 4.78 is 18.4. The van der Waals surface area contributed by atoms with Crippen LogP contribution < -0.4 is 10.5 Å². The second kappa shape index (κ2) is 3.00. The Morgan fingerprint density at radius 2 is 2.31 bits per heavy atom. The van der Waals surface area contributed by atoms with Gasteiger partial charge in [0.15, 0.2) is 0 Å². The maximum atomic E-state index is 12.9.